The Morgan fingerprint density at radius 3 is 2.93 bits per heavy atom. The quantitative estimate of drug-likeness (QED) is 0.731. The Morgan fingerprint density at radius 1 is 1.47 bits per heavy atom. The predicted octanol–water partition coefficient (Wildman–Crippen LogP) is 3.23. The molecule has 2 heteroatoms. The van der Waals surface area contributed by atoms with Gasteiger partial charge in [0.2, 0.25) is 0 Å². The van der Waals surface area contributed by atoms with Gasteiger partial charge in [0.05, 0.1) is 0 Å². The van der Waals surface area contributed by atoms with E-state index in [9.17, 15) is 4.39 Å². The zero-order valence-electron chi connectivity index (χ0n) is 9.39. The summed E-state index contributed by atoms with van der Waals surface area (Å²) in [6, 6.07) is 6.64. The minimum Gasteiger partial charge on any atom is -0.313 e. The number of rotatable bonds is 5. The minimum atomic E-state index is -0.182. The third kappa shape index (κ3) is 4.75. The molecule has 0 radical (unpaired) electrons. The molecule has 0 aliphatic carbocycles. The largest absolute Gasteiger partial charge is 0.313 e. The summed E-state index contributed by atoms with van der Waals surface area (Å²) >= 11 is 0. The van der Waals surface area contributed by atoms with E-state index >= 15 is 0 Å². The third-order valence-corrected chi connectivity index (χ3v) is 2.09. The molecule has 1 aromatic carbocycles. The monoisotopic (exact) mass is 207 g/mol. The Kier molecular flexibility index (Phi) is 5.05. The van der Waals surface area contributed by atoms with Crippen LogP contribution in [0.1, 0.15) is 25.8 Å². The topological polar surface area (TPSA) is 12.0 Å². The van der Waals surface area contributed by atoms with Crippen LogP contribution < -0.4 is 5.32 Å². The van der Waals surface area contributed by atoms with Crippen molar-refractivity contribution in [3.05, 3.63) is 41.2 Å². The van der Waals surface area contributed by atoms with Gasteiger partial charge in [0.25, 0.3) is 0 Å². The lowest BCUT2D eigenvalue weighted by atomic mass is 10.1. The van der Waals surface area contributed by atoms with E-state index in [0.717, 1.165) is 25.1 Å². The van der Waals surface area contributed by atoms with E-state index in [1.54, 1.807) is 12.1 Å². The van der Waals surface area contributed by atoms with Crippen molar-refractivity contribution in [1.29, 1.82) is 0 Å². The van der Waals surface area contributed by atoms with Crippen molar-refractivity contribution in [1.82, 2.24) is 5.32 Å². The minimum absolute atomic E-state index is 0.182. The van der Waals surface area contributed by atoms with Crippen LogP contribution in [0.15, 0.2) is 29.8 Å². The molecule has 0 bridgehead atoms. The lowest BCUT2D eigenvalue weighted by Gasteiger charge is -2.03. The molecule has 0 spiro atoms. The first-order valence-electron chi connectivity index (χ1n) is 5.36. The summed E-state index contributed by atoms with van der Waals surface area (Å²) in [6.45, 7) is 6.07. The van der Waals surface area contributed by atoms with Gasteiger partial charge < -0.3 is 5.32 Å². The van der Waals surface area contributed by atoms with Gasteiger partial charge in [0.1, 0.15) is 5.82 Å². The molecular weight excluding hydrogens is 189 g/mol. The SMILES string of the molecule is CCCNCC(C)=Cc1cccc(F)c1. The number of benzene rings is 1. The highest BCUT2D eigenvalue weighted by Crippen LogP contribution is 2.08. The maximum atomic E-state index is 12.9. The summed E-state index contributed by atoms with van der Waals surface area (Å²) in [7, 11) is 0. The second kappa shape index (κ2) is 6.36. The second-order valence-electron chi connectivity index (χ2n) is 3.72. The van der Waals surface area contributed by atoms with Crippen LogP contribution in [-0.4, -0.2) is 13.1 Å². The number of nitrogens with one attached hydrogen (secondary N) is 1. The fourth-order valence-corrected chi connectivity index (χ4v) is 1.39. The van der Waals surface area contributed by atoms with E-state index in [1.807, 2.05) is 19.1 Å². The van der Waals surface area contributed by atoms with Crippen LogP contribution >= 0.6 is 0 Å². The lowest BCUT2D eigenvalue weighted by Crippen LogP contribution is -2.16. The normalized spacial score (nSPS) is 11.8. The summed E-state index contributed by atoms with van der Waals surface area (Å²) in [5.41, 5.74) is 2.14. The molecule has 0 saturated carbocycles. The molecule has 0 aliphatic rings. The zero-order chi connectivity index (χ0) is 11.1. The van der Waals surface area contributed by atoms with E-state index in [2.05, 4.69) is 12.2 Å². The highest BCUT2D eigenvalue weighted by molar-refractivity contribution is 5.52. The zero-order valence-corrected chi connectivity index (χ0v) is 9.39. The van der Waals surface area contributed by atoms with E-state index in [-0.39, 0.29) is 5.82 Å². The van der Waals surface area contributed by atoms with Gasteiger partial charge in [0.15, 0.2) is 0 Å². The fraction of sp³-hybridized carbons (Fsp3) is 0.385. The van der Waals surface area contributed by atoms with Crippen LogP contribution in [0.5, 0.6) is 0 Å². The van der Waals surface area contributed by atoms with Crippen LogP contribution in [-0.2, 0) is 0 Å². The molecule has 0 amide bonds. The van der Waals surface area contributed by atoms with Crippen molar-refractivity contribution in [2.75, 3.05) is 13.1 Å². The average molecular weight is 207 g/mol. The molecule has 1 aromatic rings. The molecular formula is C13H18FN. The average Bonchev–Trinajstić information content (AvgIpc) is 2.18. The van der Waals surface area contributed by atoms with Crippen molar-refractivity contribution in [2.24, 2.45) is 0 Å². The molecule has 82 valence electrons. The maximum absolute atomic E-state index is 12.9. The van der Waals surface area contributed by atoms with Gasteiger partial charge in [-0.25, -0.2) is 4.39 Å². The van der Waals surface area contributed by atoms with Crippen molar-refractivity contribution in [3.63, 3.8) is 0 Å². The fourth-order valence-electron chi connectivity index (χ4n) is 1.39. The van der Waals surface area contributed by atoms with Crippen molar-refractivity contribution in [3.8, 4) is 0 Å². The molecule has 1 N–H and O–H groups in total. The van der Waals surface area contributed by atoms with Crippen molar-refractivity contribution in [2.45, 2.75) is 20.3 Å². The first kappa shape index (κ1) is 11.9. The smallest absolute Gasteiger partial charge is 0.123 e. The summed E-state index contributed by atoms with van der Waals surface area (Å²) < 4.78 is 12.9. The first-order valence-corrected chi connectivity index (χ1v) is 5.36. The number of halogens is 1. The van der Waals surface area contributed by atoms with Gasteiger partial charge in [0, 0.05) is 6.54 Å². The molecule has 1 nitrogen and oxygen atoms in total. The van der Waals surface area contributed by atoms with Crippen LogP contribution in [0.2, 0.25) is 0 Å². The molecule has 0 heterocycles. The predicted molar refractivity (Wildman–Crippen MR) is 63.2 cm³/mol. The molecule has 0 aromatic heterocycles. The molecule has 15 heavy (non-hydrogen) atoms. The van der Waals surface area contributed by atoms with Gasteiger partial charge in [-0.05, 0) is 37.6 Å². The maximum Gasteiger partial charge on any atom is 0.123 e. The Hall–Kier alpha value is -1.15. The van der Waals surface area contributed by atoms with Gasteiger partial charge in [-0.1, -0.05) is 30.7 Å². The number of hydrogen-bond donors (Lipinski definition) is 1. The van der Waals surface area contributed by atoms with Crippen molar-refractivity contribution >= 4 is 6.08 Å². The molecule has 1 rings (SSSR count). The Bertz CT molecular complexity index is 331. The van der Waals surface area contributed by atoms with Crippen LogP contribution in [0, 0.1) is 5.82 Å². The highest BCUT2D eigenvalue weighted by Gasteiger charge is 1.93. The summed E-state index contributed by atoms with van der Waals surface area (Å²) in [5.74, 6) is -0.182. The van der Waals surface area contributed by atoms with E-state index in [1.165, 1.54) is 11.6 Å². The first-order chi connectivity index (χ1) is 7.22. The van der Waals surface area contributed by atoms with E-state index in [0.29, 0.717) is 0 Å². The van der Waals surface area contributed by atoms with Gasteiger partial charge in [-0.15, -0.1) is 0 Å². The standard InChI is InChI=1S/C13H18FN/c1-3-7-15-10-11(2)8-12-5-4-6-13(14)9-12/h4-6,8-9,15H,3,7,10H2,1-2H3. The second-order valence-corrected chi connectivity index (χ2v) is 3.72. The molecule has 0 unspecified atom stereocenters. The lowest BCUT2D eigenvalue weighted by molar-refractivity contribution is 0.627. The summed E-state index contributed by atoms with van der Waals surface area (Å²) in [4.78, 5) is 0. The summed E-state index contributed by atoms with van der Waals surface area (Å²) in [6.07, 6.45) is 3.14. The van der Waals surface area contributed by atoms with Gasteiger partial charge >= 0.3 is 0 Å². The van der Waals surface area contributed by atoms with Gasteiger partial charge in [-0.3, -0.25) is 0 Å². The summed E-state index contributed by atoms with van der Waals surface area (Å²) in [5, 5.41) is 3.31. The van der Waals surface area contributed by atoms with Crippen LogP contribution in [0.25, 0.3) is 6.08 Å². The number of hydrogen-bond acceptors (Lipinski definition) is 1. The van der Waals surface area contributed by atoms with E-state index < -0.39 is 0 Å². The van der Waals surface area contributed by atoms with Crippen LogP contribution in [0.4, 0.5) is 4.39 Å². The van der Waals surface area contributed by atoms with Crippen LogP contribution in [0.3, 0.4) is 0 Å². The highest BCUT2D eigenvalue weighted by atomic mass is 19.1. The van der Waals surface area contributed by atoms with Crippen molar-refractivity contribution < 1.29 is 4.39 Å². The van der Waals surface area contributed by atoms with Gasteiger partial charge in [-0.2, -0.15) is 0 Å². The Balaban J connectivity index is 2.54. The third-order valence-electron chi connectivity index (χ3n) is 2.09. The molecule has 0 saturated heterocycles. The molecule has 0 atom stereocenters. The Labute approximate surface area is 91.0 Å². The van der Waals surface area contributed by atoms with E-state index in [4.69, 9.17) is 0 Å². The Morgan fingerprint density at radius 2 is 2.27 bits per heavy atom. The molecule has 0 aliphatic heterocycles. The molecule has 0 fully saturated rings.